The summed E-state index contributed by atoms with van der Waals surface area (Å²) in [7, 11) is 0. The van der Waals surface area contributed by atoms with E-state index in [1.54, 1.807) is 18.3 Å². The first-order valence-corrected chi connectivity index (χ1v) is 5.26. The van der Waals surface area contributed by atoms with E-state index < -0.39 is 5.97 Å². The summed E-state index contributed by atoms with van der Waals surface area (Å²) in [5, 5.41) is 10.1. The summed E-state index contributed by atoms with van der Waals surface area (Å²) >= 11 is 0. The first-order chi connectivity index (χ1) is 8.16. The zero-order valence-electron chi connectivity index (χ0n) is 9.21. The highest BCUT2D eigenvalue weighted by Gasteiger charge is 2.08. The third-order valence-corrected chi connectivity index (χ3v) is 2.94. The number of rotatable bonds is 1. The Labute approximate surface area is 97.1 Å². The van der Waals surface area contributed by atoms with Crippen LogP contribution in [0.15, 0.2) is 36.7 Å². The van der Waals surface area contributed by atoms with Crippen molar-refractivity contribution in [2.24, 2.45) is 0 Å². The lowest BCUT2D eigenvalue weighted by Gasteiger charge is -2.06. The van der Waals surface area contributed by atoms with Crippen LogP contribution in [0.25, 0.3) is 16.6 Å². The van der Waals surface area contributed by atoms with Gasteiger partial charge >= 0.3 is 5.97 Å². The van der Waals surface area contributed by atoms with Crippen LogP contribution in [0.5, 0.6) is 0 Å². The van der Waals surface area contributed by atoms with Crippen LogP contribution in [0.1, 0.15) is 15.9 Å². The van der Waals surface area contributed by atoms with Crippen LogP contribution in [0.4, 0.5) is 0 Å². The molecule has 0 saturated carbocycles. The maximum atomic E-state index is 11.0. The van der Waals surface area contributed by atoms with E-state index in [1.165, 1.54) is 0 Å². The third-order valence-electron chi connectivity index (χ3n) is 2.94. The van der Waals surface area contributed by atoms with Crippen LogP contribution in [-0.2, 0) is 0 Å². The van der Waals surface area contributed by atoms with E-state index in [0.29, 0.717) is 0 Å². The molecule has 1 N–H and O–H groups in total. The Balaban J connectivity index is 2.50. The Morgan fingerprint density at radius 1 is 1.35 bits per heavy atom. The van der Waals surface area contributed by atoms with E-state index in [2.05, 4.69) is 4.98 Å². The number of aromatic nitrogens is 2. The lowest BCUT2D eigenvalue weighted by molar-refractivity contribution is 0.0697. The predicted octanol–water partition coefficient (Wildman–Crippen LogP) is 2.49. The van der Waals surface area contributed by atoms with Crippen molar-refractivity contribution in [1.82, 2.24) is 9.38 Å². The molecule has 0 bridgehead atoms. The number of carboxylic acid groups (broad SMARTS) is 1. The van der Waals surface area contributed by atoms with Crippen LogP contribution >= 0.6 is 0 Å². The van der Waals surface area contributed by atoms with Gasteiger partial charge in [0.05, 0.1) is 11.1 Å². The number of hydrogen-bond acceptors (Lipinski definition) is 2. The van der Waals surface area contributed by atoms with Gasteiger partial charge in [-0.15, -0.1) is 0 Å². The van der Waals surface area contributed by atoms with Gasteiger partial charge in [0.25, 0.3) is 0 Å². The molecule has 3 aromatic rings. The molecule has 0 aliphatic carbocycles. The number of aromatic carboxylic acids is 1. The van der Waals surface area contributed by atoms with Crippen LogP contribution in [0.2, 0.25) is 0 Å². The predicted molar refractivity (Wildman–Crippen MR) is 64.4 cm³/mol. The molecule has 0 saturated heterocycles. The summed E-state index contributed by atoms with van der Waals surface area (Å²) in [6, 6.07) is 7.14. The molecule has 0 unspecified atom stereocenters. The van der Waals surface area contributed by atoms with E-state index in [1.807, 2.05) is 29.7 Å². The molecule has 0 radical (unpaired) electrons. The average Bonchev–Trinajstić information content (AvgIpc) is 2.76. The monoisotopic (exact) mass is 226 g/mol. The maximum Gasteiger partial charge on any atom is 0.335 e. The summed E-state index contributed by atoms with van der Waals surface area (Å²) in [6.07, 6.45) is 3.55. The Hall–Kier alpha value is -2.36. The fourth-order valence-electron chi connectivity index (χ4n) is 2.09. The average molecular weight is 226 g/mol. The molecule has 17 heavy (non-hydrogen) atoms. The number of carboxylic acids is 1. The van der Waals surface area contributed by atoms with Gasteiger partial charge in [0.2, 0.25) is 0 Å². The lowest BCUT2D eigenvalue weighted by Crippen LogP contribution is -1.98. The lowest BCUT2D eigenvalue weighted by atomic mass is 10.1. The van der Waals surface area contributed by atoms with E-state index in [0.717, 1.165) is 22.1 Å². The molecule has 4 heteroatoms. The van der Waals surface area contributed by atoms with Gasteiger partial charge in [-0.3, -0.25) is 4.40 Å². The molecule has 0 aliphatic rings. The molecule has 2 heterocycles. The molecule has 0 fully saturated rings. The van der Waals surface area contributed by atoms with Gasteiger partial charge in [-0.2, -0.15) is 0 Å². The van der Waals surface area contributed by atoms with Crippen molar-refractivity contribution in [2.45, 2.75) is 6.92 Å². The van der Waals surface area contributed by atoms with Crippen LogP contribution < -0.4 is 0 Å². The van der Waals surface area contributed by atoms with E-state index >= 15 is 0 Å². The number of carbonyl (C=O) groups is 1. The Bertz CT molecular complexity index is 744. The van der Waals surface area contributed by atoms with Crippen LogP contribution in [0, 0.1) is 6.92 Å². The van der Waals surface area contributed by atoms with Crippen molar-refractivity contribution >= 4 is 22.5 Å². The minimum Gasteiger partial charge on any atom is -0.478 e. The van der Waals surface area contributed by atoms with Crippen molar-refractivity contribution in [3.63, 3.8) is 0 Å². The highest BCUT2D eigenvalue weighted by atomic mass is 16.4. The fraction of sp³-hybridized carbons (Fsp3) is 0.0769. The number of benzene rings is 1. The summed E-state index contributed by atoms with van der Waals surface area (Å²) in [5.74, 6) is -0.915. The third kappa shape index (κ3) is 1.38. The van der Waals surface area contributed by atoms with Gasteiger partial charge in [-0.1, -0.05) is 6.07 Å². The number of hydrogen-bond donors (Lipinski definition) is 1. The first kappa shape index (κ1) is 9.84. The second-order valence-corrected chi connectivity index (χ2v) is 4.02. The summed E-state index contributed by atoms with van der Waals surface area (Å²) < 4.78 is 1.90. The zero-order valence-corrected chi connectivity index (χ0v) is 9.21. The Kier molecular flexibility index (Phi) is 1.92. The topological polar surface area (TPSA) is 54.6 Å². The largest absolute Gasteiger partial charge is 0.478 e. The molecule has 4 nitrogen and oxygen atoms in total. The van der Waals surface area contributed by atoms with Crippen molar-refractivity contribution in [3.05, 3.63) is 47.8 Å². The summed E-state index contributed by atoms with van der Waals surface area (Å²) in [5.41, 5.74) is 3.09. The quantitative estimate of drug-likeness (QED) is 0.693. The minimum atomic E-state index is -0.915. The summed E-state index contributed by atoms with van der Waals surface area (Å²) in [4.78, 5) is 15.2. The van der Waals surface area contributed by atoms with Crippen LogP contribution in [-0.4, -0.2) is 20.5 Å². The van der Waals surface area contributed by atoms with E-state index in [-0.39, 0.29) is 5.56 Å². The van der Waals surface area contributed by atoms with E-state index in [9.17, 15) is 4.79 Å². The second-order valence-electron chi connectivity index (χ2n) is 4.02. The molecule has 0 spiro atoms. The normalized spacial score (nSPS) is 11.1. The minimum absolute atomic E-state index is 0.290. The van der Waals surface area contributed by atoms with E-state index in [4.69, 9.17) is 5.11 Å². The molecular weight excluding hydrogens is 216 g/mol. The highest BCUT2D eigenvalue weighted by Crippen LogP contribution is 2.22. The molecule has 0 atom stereocenters. The number of aryl methyl sites for hydroxylation is 1. The smallest absolute Gasteiger partial charge is 0.335 e. The zero-order chi connectivity index (χ0) is 12.0. The molecule has 84 valence electrons. The molecule has 0 amide bonds. The van der Waals surface area contributed by atoms with Gasteiger partial charge in [0.15, 0.2) is 0 Å². The second kappa shape index (κ2) is 3.31. The standard InChI is InChI=1S/C13H10N2O2/c1-8-6-12-14-4-5-15(12)11-7-9(13(16)17)2-3-10(8)11/h2-7H,1H3,(H,16,17). The Morgan fingerprint density at radius 3 is 2.94 bits per heavy atom. The molecular formula is C13H10N2O2. The number of fused-ring (bicyclic) bond motifs is 3. The molecule has 1 aromatic carbocycles. The SMILES string of the molecule is Cc1cc2nccn2c2cc(C(=O)O)ccc12. The van der Waals surface area contributed by atoms with Crippen molar-refractivity contribution in [1.29, 1.82) is 0 Å². The maximum absolute atomic E-state index is 11.0. The van der Waals surface area contributed by atoms with Gasteiger partial charge in [-0.05, 0) is 30.7 Å². The van der Waals surface area contributed by atoms with Gasteiger partial charge in [-0.25, -0.2) is 9.78 Å². The van der Waals surface area contributed by atoms with Crippen molar-refractivity contribution < 1.29 is 9.90 Å². The fourth-order valence-corrected chi connectivity index (χ4v) is 2.09. The Morgan fingerprint density at radius 2 is 2.18 bits per heavy atom. The van der Waals surface area contributed by atoms with Crippen molar-refractivity contribution in [3.8, 4) is 0 Å². The number of pyridine rings is 1. The number of imidazole rings is 1. The van der Waals surface area contributed by atoms with Gasteiger partial charge in [0.1, 0.15) is 5.65 Å². The van der Waals surface area contributed by atoms with Gasteiger partial charge < -0.3 is 5.11 Å². The highest BCUT2D eigenvalue weighted by molar-refractivity contribution is 5.95. The first-order valence-electron chi connectivity index (χ1n) is 5.26. The molecule has 2 aromatic heterocycles. The number of nitrogens with zero attached hydrogens (tertiary/aromatic N) is 2. The van der Waals surface area contributed by atoms with Crippen LogP contribution in [0.3, 0.4) is 0 Å². The van der Waals surface area contributed by atoms with Gasteiger partial charge in [0, 0.05) is 17.8 Å². The molecule has 0 aliphatic heterocycles. The van der Waals surface area contributed by atoms with Crippen molar-refractivity contribution in [2.75, 3.05) is 0 Å². The molecule has 3 rings (SSSR count). The summed E-state index contributed by atoms with van der Waals surface area (Å²) in [6.45, 7) is 2.00.